The fraction of sp³-hybridized carbons (Fsp3) is 0. The molecule has 0 saturated carbocycles. The first-order valence-corrected chi connectivity index (χ1v) is 2.35. The van der Waals surface area contributed by atoms with Crippen LogP contribution in [0.4, 0.5) is 0 Å². The van der Waals surface area contributed by atoms with Crippen molar-refractivity contribution in [1.82, 2.24) is 6.15 Å². The number of rotatable bonds is 0. The zero-order chi connectivity index (χ0) is 4.50. The van der Waals surface area contributed by atoms with Gasteiger partial charge in [0.1, 0.15) is 0 Å². The van der Waals surface area contributed by atoms with Crippen LogP contribution in [0.5, 0.6) is 0 Å². The summed E-state index contributed by atoms with van der Waals surface area (Å²) in [4.78, 5) is 21.6. The van der Waals surface area contributed by atoms with Crippen molar-refractivity contribution in [3.8, 4) is 0 Å². The van der Waals surface area contributed by atoms with Crippen molar-refractivity contribution in [2.24, 2.45) is 0 Å². The van der Waals surface area contributed by atoms with Crippen molar-refractivity contribution in [2.75, 3.05) is 0 Å². The molecule has 0 aromatic heterocycles. The number of phosphoric acid groups is 1. The zero-order valence-corrected chi connectivity index (χ0v) is 4.30. The van der Waals surface area contributed by atoms with E-state index in [0.29, 0.717) is 0 Å². The van der Waals surface area contributed by atoms with Gasteiger partial charge in [0.15, 0.2) is 0 Å². The maximum absolute atomic E-state index is 8.88. The second kappa shape index (κ2) is 8.03. The Labute approximate surface area is 68.3 Å². The van der Waals surface area contributed by atoms with E-state index in [9.17, 15) is 0 Å². The molecule has 6 nitrogen and oxygen atoms in total. The summed E-state index contributed by atoms with van der Waals surface area (Å²) < 4.78 is 8.88. The maximum atomic E-state index is 8.88. The zero-order valence-electron chi connectivity index (χ0n) is 3.40. The minimum atomic E-state index is -4.64. The van der Waals surface area contributed by atoms with Gasteiger partial charge in [0, 0.05) is 0 Å². The predicted octanol–water partition coefficient (Wildman–Crippen LogP) is -2.24. The van der Waals surface area contributed by atoms with Gasteiger partial charge >= 0.3 is 37.4 Å². The summed E-state index contributed by atoms with van der Waals surface area (Å²) in [6.07, 6.45) is 0. The van der Waals surface area contributed by atoms with Gasteiger partial charge in [0.2, 0.25) is 0 Å². The van der Waals surface area contributed by atoms with E-state index in [1.807, 2.05) is 0 Å². The molecule has 0 aliphatic rings. The summed E-state index contributed by atoms with van der Waals surface area (Å²) in [5, 5.41) is 0. The monoisotopic (exact) mass is 157 g/mol. The Balaban J connectivity index is -0.0000000267. The van der Waals surface area contributed by atoms with Crippen molar-refractivity contribution >= 4 is 37.4 Å². The Hall–Kier alpha value is 1.03. The molecular formula is H9NNaO5P. The molecule has 8 N–H and O–H groups in total. The third-order valence-corrected chi connectivity index (χ3v) is 0. The van der Waals surface area contributed by atoms with Gasteiger partial charge in [-0.2, -0.15) is 0 Å². The molecular weight excluding hydrogens is 148 g/mol. The Kier molecular flexibility index (Phi) is 23.1. The topological polar surface area (TPSA) is 144 Å². The first-order valence-electron chi connectivity index (χ1n) is 0.783. The van der Waals surface area contributed by atoms with E-state index in [0.717, 1.165) is 0 Å². The minimum absolute atomic E-state index is 0. The van der Waals surface area contributed by atoms with E-state index >= 15 is 0 Å². The van der Waals surface area contributed by atoms with Gasteiger partial charge in [-0.05, 0) is 0 Å². The van der Waals surface area contributed by atoms with Crippen LogP contribution in [0.2, 0.25) is 0 Å². The molecule has 0 radical (unpaired) electrons. The fourth-order valence-corrected chi connectivity index (χ4v) is 0. The van der Waals surface area contributed by atoms with Crippen molar-refractivity contribution in [3.05, 3.63) is 0 Å². The van der Waals surface area contributed by atoms with Crippen molar-refractivity contribution in [2.45, 2.75) is 0 Å². The first-order chi connectivity index (χ1) is 2.00. The third-order valence-electron chi connectivity index (χ3n) is 0. The molecule has 8 heavy (non-hydrogen) atoms. The van der Waals surface area contributed by atoms with Gasteiger partial charge in [-0.25, -0.2) is 4.57 Å². The van der Waals surface area contributed by atoms with Crippen LogP contribution in [0.1, 0.15) is 0 Å². The summed E-state index contributed by atoms with van der Waals surface area (Å²) in [6, 6.07) is 0. The summed E-state index contributed by atoms with van der Waals surface area (Å²) in [6.45, 7) is 0. The van der Waals surface area contributed by atoms with Gasteiger partial charge in [0.05, 0.1) is 0 Å². The van der Waals surface area contributed by atoms with Gasteiger partial charge in [0.25, 0.3) is 0 Å². The molecule has 0 aromatic carbocycles. The van der Waals surface area contributed by atoms with Crippen molar-refractivity contribution in [1.29, 1.82) is 0 Å². The van der Waals surface area contributed by atoms with E-state index in [2.05, 4.69) is 0 Å². The van der Waals surface area contributed by atoms with E-state index < -0.39 is 7.82 Å². The second-order valence-corrected chi connectivity index (χ2v) is 1.54. The molecule has 50 valence electrons. The molecule has 0 amide bonds. The van der Waals surface area contributed by atoms with Gasteiger partial charge in [-0.15, -0.1) is 0 Å². The Morgan fingerprint density at radius 1 is 1.12 bits per heavy atom. The molecule has 0 aromatic rings. The van der Waals surface area contributed by atoms with Crippen LogP contribution in [0.15, 0.2) is 0 Å². The average molecular weight is 157 g/mol. The summed E-state index contributed by atoms with van der Waals surface area (Å²) in [5.41, 5.74) is 0. The molecule has 0 aliphatic carbocycles. The molecule has 0 atom stereocenters. The molecule has 0 saturated heterocycles. The molecule has 0 bridgehead atoms. The van der Waals surface area contributed by atoms with Crippen LogP contribution in [0.3, 0.4) is 0 Å². The van der Waals surface area contributed by atoms with Crippen LogP contribution in [0.25, 0.3) is 0 Å². The van der Waals surface area contributed by atoms with Crippen LogP contribution in [-0.4, -0.2) is 49.7 Å². The van der Waals surface area contributed by atoms with E-state index in [1.54, 1.807) is 0 Å². The van der Waals surface area contributed by atoms with Gasteiger partial charge < -0.3 is 26.3 Å². The van der Waals surface area contributed by atoms with Crippen LogP contribution >= 0.6 is 7.82 Å². The standard InChI is InChI=1S/H3N.Na.H3O4P.H2O.H/c;;1-5(2,3)4;;/h1H3;;(H3,1,2,3,4);1H2;. The normalized spacial score (nSPS) is 7.38. The summed E-state index contributed by atoms with van der Waals surface area (Å²) >= 11 is 0. The Bertz CT molecular complexity index is 58.6. The summed E-state index contributed by atoms with van der Waals surface area (Å²) in [7, 11) is -4.64. The first kappa shape index (κ1) is 23.0. The number of hydrogen-bond acceptors (Lipinski definition) is 2. The average Bonchev–Trinajstić information content (AvgIpc) is 0.722. The third kappa shape index (κ3) is 241. The van der Waals surface area contributed by atoms with Crippen LogP contribution < -0.4 is 6.15 Å². The Morgan fingerprint density at radius 2 is 1.12 bits per heavy atom. The predicted molar refractivity (Wildman–Crippen MR) is 30.0 cm³/mol. The molecule has 0 spiro atoms. The van der Waals surface area contributed by atoms with E-state index in [1.165, 1.54) is 0 Å². The number of hydrogen-bond donors (Lipinski definition) is 4. The molecule has 0 unspecified atom stereocenters. The quantitative estimate of drug-likeness (QED) is 0.232. The molecule has 0 rings (SSSR count). The second-order valence-electron chi connectivity index (χ2n) is 0.513. The summed E-state index contributed by atoms with van der Waals surface area (Å²) in [5.74, 6) is 0. The van der Waals surface area contributed by atoms with Crippen LogP contribution in [0, 0.1) is 0 Å². The Morgan fingerprint density at radius 3 is 1.12 bits per heavy atom. The molecule has 0 heterocycles. The van der Waals surface area contributed by atoms with Gasteiger partial charge in [-0.1, -0.05) is 0 Å². The van der Waals surface area contributed by atoms with Gasteiger partial charge in [-0.3, -0.25) is 0 Å². The SMILES string of the molecule is N.O.O=P(O)(O)O.[NaH]. The molecule has 0 aliphatic heterocycles. The van der Waals surface area contributed by atoms with Crippen molar-refractivity contribution < 1.29 is 24.7 Å². The molecule has 0 fully saturated rings. The van der Waals surface area contributed by atoms with Crippen LogP contribution in [-0.2, 0) is 4.57 Å². The van der Waals surface area contributed by atoms with Crippen molar-refractivity contribution in [3.63, 3.8) is 0 Å². The van der Waals surface area contributed by atoms with E-state index in [-0.39, 0.29) is 41.2 Å². The fourth-order valence-electron chi connectivity index (χ4n) is 0. The molecule has 8 heteroatoms. The van der Waals surface area contributed by atoms with E-state index in [4.69, 9.17) is 19.2 Å².